The molecule has 0 radical (unpaired) electrons. The van der Waals surface area contributed by atoms with Gasteiger partial charge in [-0.25, -0.2) is 0 Å². The fraction of sp³-hybridized carbons (Fsp3) is 0.263. The lowest BCUT2D eigenvalue weighted by atomic mass is 10.0. The topological polar surface area (TPSA) is 21.3 Å². The highest BCUT2D eigenvalue weighted by molar-refractivity contribution is 5.56. The molecule has 0 saturated heterocycles. The molecule has 2 aromatic carbocycles. The minimum Gasteiger partial charge on any atom is -0.457 e. The first-order chi connectivity index (χ1) is 10.2. The molecule has 0 saturated carbocycles. The highest BCUT2D eigenvalue weighted by atomic mass is 16.5. The summed E-state index contributed by atoms with van der Waals surface area (Å²) in [6.45, 7) is 5.34. The molecule has 2 heteroatoms. The fourth-order valence-electron chi connectivity index (χ4n) is 2.13. The third kappa shape index (κ3) is 4.76. The van der Waals surface area contributed by atoms with Crippen LogP contribution < -0.4 is 10.1 Å². The molecule has 110 valence electrons. The van der Waals surface area contributed by atoms with Crippen molar-refractivity contribution in [1.29, 1.82) is 0 Å². The van der Waals surface area contributed by atoms with Crippen molar-refractivity contribution in [2.45, 2.75) is 13.8 Å². The minimum atomic E-state index is 0.524. The molecule has 21 heavy (non-hydrogen) atoms. The minimum absolute atomic E-state index is 0.524. The molecule has 0 atom stereocenters. The Morgan fingerprint density at radius 3 is 2.43 bits per heavy atom. The molecular weight excluding hydrogens is 258 g/mol. The van der Waals surface area contributed by atoms with Crippen LogP contribution >= 0.6 is 0 Å². The van der Waals surface area contributed by atoms with E-state index < -0.39 is 0 Å². The smallest absolute Gasteiger partial charge is 0.128 e. The molecule has 0 amide bonds. The molecule has 0 spiro atoms. The van der Waals surface area contributed by atoms with Crippen molar-refractivity contribution in [2.24, 2.45) is 5.92 Å². The normalized spacial score (nSPS) is 11.7. The summed E-state index contributed by atoms with van der Waals surface area (Å²) in [4.78, 5) is 0. The van der Waals surface area contributed by atoms with E-state index in [4.69, 9.17) is 4.74 Å². The van der Waals surface area contributed by atoms with E-state index in [0.717, 1.165) is 18.0 Å². The number of para-hydroxylation sites is 1. The van der Waals surface area contributed by atoms with Gasteiger partial charge in [0.1, 0.15) is 11.5 Å². The van der Waals surface area contributed by atoms with Crippen molar-refractivity contribution in [3.05, 3.63) is 65.7 Å². The SMILES string of the molecule is CNCC(=Cc1cccc(Oc2ccccc2)c1)C(C)C. The quantitative estimate of drug-likeness (QED) is 0.826. The Labute approximate surface area is 127 Å². The van der Waals surface area contributed by atoms with Crippen molar-refractivity contribution in [2.75, 3.05) is 13.6 Å². The lowest BCUT2D eigenvalue weighted by Gasteiger charge is -2.11. The van der Waals surface area contributed by atoms with Crippen molar-refractivity contribution in [1.82, 2.24) is 5.32 Å². The Balaban J connectivity index is 2.19. The molecule has 0 aromatic heterocycles. The van der Waals surface area contributed by atoms with Crippen molar-refractivity contribution in [3.63, 3.8) is 0 Å². The van der Waals surface area contributed by atoms with Crippen molar-refractivity contribution in [3.8, 4) is 11.5 Å². The zero-order valence-corrected chi connectivity index (χ0v) is 13.0. The average Bonchev–Trinajstić information content (AvgIpc) is 2.48. The molecule has 0 aliphatic rings. The zero-order chi connectivity index (χ0) is 15.1. The van der Waals surface area contributed by atoms with Gasteiger partial charge in [-0.15, -0.1) is 0 Å². The van der Waals surface area contributed by atoms with Crippen LogP contribution in [0, 0.1) is 5.92 Å². The molecule has 0 unspecified atom stereocenters. The van der Waals surface area contributed by atoms with E-state index in [0.29, 0.717) is 5.92 Å². The van der Waals surface area contributed by atoms with Crippen LogP contribution in [0.4, 0.5) is 0 Å². The molecule has 0 bridgehead atoms. The second-order valence-corrected chi connectivity index (χ2v) is 5.39. The van der Waals surface area contributed by atoms with Crippen LogP contribution in [0.15, 0.2) is 60.2 Å². The third-order valence-corrected chi connectivity index (χ3v) is 3.31. The zero-order valence-electron chi connectivity index (χ0n) is 13.0. The van der Waals surface area contributed by atoms with Crippen LogP contribution in [0.5, 0.6) is 11.5 Å². The number of likely N-dealkylation sites (N-methyl/N-ethyl adjacent to an activating group) is 1. The molecule has 1 N–H and O–H groups in total. The predicted molar refractivity (Wildman–Crippen MR) is 89.7 cm³/mol. The Kier molecular flexibility index (Phi) is 5.59. The highest BCUT2D eigenvalue weighted by Crippen LogP contribution is 2.23. The molecular formula is C19H23NO. The van der Waals surface area contributed by atoms with Gasteiger partial charge in [0.05, 0.1) is 0 Å². The Bertz CT molecular complexity index is 588. The number of rotatable bonds is 6. The van der Waals surface area contributed by atoms with Gasteiger partial charge in [-0.05, 0) is 42.8 Å². The maximum Gasteiger partial charge on any atom is 0.128 e. The first kappa shape index (κ1) is 15.3. The monoisotopic (exact) mass is 281 g/mol. The van der Waals surface area contributed by atoms with Crippen molar-refractivity contribution < 1.29 is 4.74 Å². The van der Waals surface area contributed by atoms with Crippen molar-refractivity contribution >= 4 is 6.08 Å². The third-order valence-electron chi connectivity index (χ3n) is 3.31. The Morgan fingerprint density at radius 2 is 1.76 bits per heavy atom. The Morgan fingerprint density at radius 1 is 1.05 bits per heavy atom. The summed E-state index contributed by atoms with van der Waals surface area (Å²) in [5.74, 6) is 2.25. The number of nitrogens with one attached hydrogen (secondary N) is 1. The molecule has 0 aliphatic carbocycles. The highest BCUT2D eigenvalue weighted by Gasteiger charge is 2.03. The molecule has 2 rings (SSSR count). The lowest BCUT2D eigenvalue weighted by molar-refractivity contribution is 0.482. The molecule has 0 heterocycles. The maximum absolute atomic E-state index is 5.88. The summed E-state index contributed by atoms with van der Waals surface area (Å²) < 4.78 is 5.88. The van der Waals surface area contributed by atoms with E-state index in [9.17, 15) is 0 Å². The molecule has 0 aliphatic heterocycles. The Hall–Kier alpha value is -2.06. The second-order valence-electron chi connectivity index (χ2n) is 5.39. The lowest BCUT2D eigenvalue weighted by Crippen LogP contribution is -2.13. The molecule has 2 aromatic rings. The van der Waals surface area contributed by atoms with E-state index in [2.05, 4.69) is 37.4 Å². The van der Waals surface area contributed by atoms with Crippen LogP contribution in [0.3, 0.4) is 0 Å². The van der Waals surface area contributed by atoms with E-state index >= 15 is 0 Å². The van der Waals surface area contributed by atoms with Crippen LogP contribution in [0.25, 0.3) is 6.08 Å². The number of benzene rings is 2. The average molecular weight is 281 g/mol. The van der Waals surface area contributed by atoms with Gasteiger partial charge >= 0.3 is 0 Å². The van der Waals surface area contributed by atoms with Gasteiger partial charge in [-0.3, -0.25) is 0 Å². The summed E-state index contributed by atoms with van der Waals surface area (Å²) in [7, 11) is 1.98. The maximum atomic E-state index is 5.88. The van der Waals surface area contributed by atoms with E-state index in [1.54, 1.807) is 0 Å². The van der Waals surface area contributed by atoms with E-state index in [-0.39, 0.29) is 0 Å². The van der Waals surface area contributed by atoms with Crippen LogP contribution in [0.1, 0.15) is 19.4 Å². The van der Waals surface area contributed by atoms with Crippen LogP contribution in [-0.4, -0.2) is 13.6 Å². The number of ether oxygens (including phenoxy) is 1. The second kappa shape index (κ2) is 7.65. The predicted octanol–water partition coefficient (Wildman–Crippen LogP) is 4.74. The number of hydrogen-bond acceptors (Lipinski definition) is 2. The summed E-state index contributed by atoms with van der Waals surface area (Å²) in [5.41, 5.74) is 2.55. The standard InChI is InChI=1S/C19H23NO/c1-15(2)17(14-20-3)12-16-8-7-11-19(13-16)21-18-9-5-4-6-10-18/h4-13,15,20H,14H2,1-3H3. The van der Waals surface area contributed by atoms with E-state index in [1.807, 2.05) is 49.5 Å². The molecule has 2 nitrogen and oxygen atoms in total. The van der Waals surface area contributed by atoms with Gasteiger partial charge in [0, 0.05) is 6.54 Å². The fourth-order valence-corrected chi connectivity index (χ4v) is 2.13. The van der Waals surface area contributed by atoms with Gasteiger partial charge < -0.3 is 10.1 Å². The van der Waals surface area contributed by atoms with Gasteiger partial charge in [-0.1, -0.05) is 55.8 Å². The summed E-state index contributed by atoms with van der Waals surface area (Å²) in [6, 6.07) is 18.1. The van der Waals surface area contributed by atoms with Gasteiger partial charge in [-0.2, -0.15) is 0 Å². The van der Waals surface area contributed by atoms with Crippen LogP contribution in [-0.2, 0) is 0 Å². The summed E-state index contributed by atoms with van der Waals surface area (Å²) in [5, 5.41) is 3.22. The molecule has 0 fully saturated rings. The summed E-state index contributed by atoms with van der Waals surface area (Å²) >= 11 is 0. The van der Waals surface area contributed by atoms with Gasteiger partial charge in [0.2, 0.25) is 0 Å². The summed E-state index contributed by atoms with van der Waals surface area (Å²) in [6.07, 6.45) is 2.24. The first-order valence-corrected chi connectivity index (χ1v) is 7.37. The van der Waals surface area contributed by atoms with Gasteiger partial charge in [0.25, 0.3) is 0 Å². The van der Waals surface area contributed by atoms with Gasteiger partial charge in [0.15, 0.2) is 0 Å². The number of hydrogen-bond donors (Lipinski definition) is 1. The first-order valence-electron chi connectivity index (χ1n) is 7.37. The van der Waals surface area contributed by atoms with E-state index in [1.165, 1.54) is 11.1 Å². The largest absolute Gasteiger partial charge is 0.457 e. The van der Waals surface area contributed by atoms with Crippen LogP contribution in [0.2, 0.25) is 0 Å².